The van der Waals surface area contributed by atoms with Gasteiger partial charge in [-0.1, -0.05) is 23.5 Å². The number of benzene rings is 1. The Balaban J connectivity index is 1.58. The molecule has 0 aliphatic rings. The summed E-state index contributed by atoms with van der Waals surface area (Å²) in [5.74, 6) is -0.203. The van der Waals surface area contributed by atoms with Gasteiger partial charge in [-0.3, -0.25) is 4.79 Å². The van der Waals surface area contributed by atoms with Crippen LogP contribution in [0.25, 0.3) is 10.2 Å². The molecule has 1 atom stereocenters. The molecule has 0 saturated carbocycles. The third-order valence-electron chi connectivity index (χ3n) is 2.96. The van der Waals surface area contributed by atoms with E-state index in [0.29, 0.717) is 0 Å². The Morgan fingerprint density at radius 1 is 1.36 bits per heavy atom. The van der Waals surface area contributed by atoms with Gasteiger partial charge in [0.1, 0.15) is 6.04 Å². The van der Waals surface area contributed by atoms with E-state index in [1.165, 1.54) is 11.3 Å². The predicted molar refractivity (Wildman–Crippen MR) is 92.8 cm³/mol. The summed E-state index contributed by atoms with van der Waals surface area (Å²) in [7, 11) is 0. The van der Waals surface area contributed by atoms with Gasteiger partial charge in [-0.15, -0.1) is 0 Å². The van der Waals surface area contributed by atoms with E-state index in [4.69, 9.17) is 0 Å². The number of rotatable bonds is 5. The van der Waals surface area contributed by atoms with Crippen molar-refractivity contribution in [3.63, 3.8) is 0 Å². The Kier molecular flexibility index (Phi) is 4.45. The molecule has 0 radical (unpaired) electrons. The monoisotopic (exact) mass is 330 g/mol. The molecule has 0 saturated heterocycles. The Morgan fingerprint density at radius 3 is 3.00 bits per heavy atom. The van der Waals surface area contributed by atoms with E-state index in [0.717, 1.165) is 20.9 Å². The summed E-state index contributed by atoms with van der Waals surface area (Å²) in [5.41, 5.74) is 4.42. The number of hydrogen-bond acceptors (Lipinski definition) is 6. The van der Waals surface area contributed by atoms with Gasteiger partial charge in [-0.05, 0) is 35.9 Å². The number of hydrazone groups is 1. The Morgan fingerprint density at radius 2 is 2.23 bits per heavy atom. The lowest BCUT2D eigenvalue weighted by atomic mass is 10.3. The molecular formula is C15H14N4OS2. The van der Waals surface area contributed by atoms with Gasteiger partial charge < -0.3 is 5.32 Å². The van der Waals surface area contributed by atoms with Gasteiger partial charge in [0.2, 0.25) is 0 Å². The first-order chi connectivity index (χ1) is 10.7. The number of hydrogen-bond donors (Lipinski definition) is 2. The fourth-order valence-electron chi connectivity index (χ4n) is 1.80. The van der Waals surface area contributed by atoms with Crippen LogP contribution >= 0.6 is 22.7 Å². The second-order valence-corrected chi connectivity index (χ2v) is 6.45. The van der Waals surface area contributed by atoms with Gasteiger partial charge in [-0.25, -0.2) is 10.4 Å². The molecule has 0 spiro atoms. The highest BCUT2D eigenvalue weighted by Gasteiger charge is 2.13. The Bertz CT molecular complexity index is 762. The maximum atomic E-state index is 12.0. The van der Waals surface area contributed by atoms with Gasteiger partial charge in [0, 0.05) is 5.56 Å². The molecule has 0 aliphatic carbocycles. The smallest absolute Gasteiger partial charge is 0.262 e. The van der Waals surface area contributed by atoms with Crippen LogP contribution in [0.1, 0.15) is 12.5 Å². The number of nitrogens with zero attached hydrogens (tertiary/aromatic N) is 2. The van der Waals surface area contributed by atoms with Crippen LogP contribution in [-0.4, -0.2) is 23.1 Å². The maximum Gasteiger partial charge on any atom is 0.262 e. The van der Waals surface area contributed by atoms with E-state index in [-0.39, 0.29) is 5.91 Å². The molecule has 112 valence electrons. The Labute approximate surface area is 135 Å². The van der Waals surface area contributed by atoms with Crippen molar-refractivity contribution in [2.45, 2.75) is 13.0 Å². The topological polar surface area (TPSA) is 66.4 Å². The average molecular weight is 330 g/mol. The molecule has 2 aromatic heterocycles. The summed E-state index contributed by atoms with van der Waals surface area (Å²) >= 11 is 3.11. The molecule has 2 heterocycles. The summed E-state index contributed by atoms with van der Waals surface area (Å²) in [6, 6.07) is 9.39. The second-order valence-electron chi connectivity index (χ2n) is 4.64. The number of thiophene rings is 1. The molecule has 7 heteroatoms. The van der Waals surface area contributed by atoms with Crippen LogP contribution in [0, 0.1) is 0 Å². The van der Waals surface area contributed by atoms with Gasteiger partial charge in [0.25, 0.3) is 5.91 Å². The lowest BCUT2D eigenvalue weighted by Gasteiger charge is -2.10. The van der Waals surface area contributed by atoms with Gasteiger partial charge in [0.05, 0.1) is 16.4 Å². The van der Waals surface area contributed by atoms with Crippen molar-refractivity contribution in [1.29, 1.82) is 0 Å². The third kappa shape index (κ3) is 3.49. The molecule has 0 aliphatic heterocycles. The highest BCUT2D eigenvalue weighted by Crippen LogP contribution is 2.25. The van der Waals surface area contributed by atoms with Crippen molar-refractivity contribution < 1.29 is 4.79 Å². The number of carbonyl (C=O) groups is 1. The van der Waals surface area contributed by atoms with Crippen LogP contribution in [0.2, 0.25) is 0 Å². The van der Waals surface area contributed by atoms with Crippen molar-refractivity contribution in [2.75, 3.05) is 5.32 Å². The molecule has 3 aromatic rings. The van der Waals surface area contributed by atoms with Crippen molar-refractivity contribution in [3.8, 4) is 0 Å². The number of fused-ring (bicyclic) bond motifs is 1. The van der Waals surface area contributed by atoms with E-state index in [9.17, 15) is 4.79 Å². The number of amides is 1. The summed E-state index contributed by atoms with van der Waals surface area (Å²) < 4.78 is 1.09. The number of para-hydroxylation sites is 1. The van der Waals surface area contributed by atoms with E-state index in [1.807, 2.05) is 41.1 Å². The quantitative estimate of drug-likeness (QED) is 0.557. The second kappa shape index (κ2) is 6.67. The number of thiazole rings is 1. The zero-order chi connectivity index (χ0) is 15.4. The van der Waals surface area contributed by atoms with E-state index < -0.39 is 6.04 Å². The molecule has 0 fully saturated rings. The van der Waals surface area contributed by atoms with Crippen LogP contribution < -0.4 is 10.7 Å². The zero-order valence-electron chi connectivity index (χ0n) is 11.8. The SMILES string of the molecule is C[C@@H](Nc1nc2ccccc2s1)C(=O)N/N=C\c1ccsc1. The van der Waals surface area contributed by atoms with Crippen LogP contribution in [-0.2, 0) is 4.79 Å². The number of anilines is 1. The minimum atomic E-state index is -0.416. The minimum Gasteiger partial charge on any atom is -0.350 e. The first-order valence-corrected chi connectivity index (χ1v) is 8.45. The Hall–Kier alpha value is -2.25. The molecule has 1 aromatic carbocycles. The summed E-state index contributed by atoms with van der Waals surface area (Å²) in [4.78, 5) is 16.4. The predicted octanol–water partition coefficient (Wildman–Crippen LogP) is 3.31. The summed E-state index contributed by atoms with van der Waals surface area (Å²) in [6.07, 6.45) is 1.62. The summed E-state index contributed by atoms with van der Waals surface area (Å²) in [5, 5.41) is 11.7. The van der Waals surface area contributed by atoms with E-state index >= 15 is 0 Å². The third-order valence-corrected chi connectivity index (χ3v) is 4.63. The lowest BCUT2D eigenvalue weighted by Crippen LogP contribution is -2.34. The fourth-order valence-corrected chi connectivity index (χ4v) is 3.36. The molecule has 3 rings (SSSR count). The zero-order valence-corrected chi connectivity index (χ0v) is 13.4. The highest BCUT2D eigenvalue weighted by atomic mass is 32.1. The van der Waals surface area contributed by atoms with Crippen LogP contribution in [0.3, 0.4) is 0 Å². The van der Waals surface area contributed by atoms with E-state index in [2.05, 4.69) is 20.8 Å². The normalized spacial score (nSPS) is 12.6. The molecule has 1 amide bonds. The van der Waals surface area contributed by atoms with Gasteiger partial charge in [-0.2, -0.15) is 16.4 Å². The van der Waals surface area contributed by atoms with E-state index in [1.54, 1.807) is 24.5 Å². The molecular weight excluding hydrogens is 316 g/mol. The molecule has 0 unspecified atom stereocenters. The minimum absolute atomic E-state index is 0.203. The first kappa shape index (κ1) is 14.7. The fraction of sp³-hybridized carbons (Fsp3) is 0.133. The van der Waals surface area contributed by atoms with Crippen molar-refractivity contribution in [2.24, 2.45) is 5.10 Å². The highest BCUT2D eigenvalue weighted by molar-refractivity contribution is 7.22. The standard InChI is InChI=1S/C15H14N4OS2/c1-10(14(20)19-16-8-11-6-7-21-9-11)17-15-18-12-4-2-3-5-13(12)22-15/h2-10H,1H3,(H,17,18)(H,19,20)/b16-8-/t10-/m1/s1. The lowest BCUT2D eigenvalue weighted by molar-refractivity contribution is -0.121. The van der Waals surface area contributed by atoms with Crippen molar-refractivity contribution in [3.05, 3.63) is 46.7 Å². The average Bonchev–Trinajstić information content (AvgIpc) is 3.15. The number of carbonyl (C=O) groups excluding carboxylic acids is 1. The van der Waals surface area contributed by atoms with Gasteiger partial charge in [0.15, 0.2) is 5.13 Å². The molecule has 22 heavy (non-hydrogen) atoms. The van der Waals surface area contributed by atoms with Crippen molar-refractivity contribution in [1.82, 2.24) is 10.4 Å². The molecule has 2 N–H and O–H groups in total. The number of nitrogens with one attached hydrogen (secondary N) is 2. The molecule has 0 bridgehead atoms. The molecule has 5 nitrogen and oxygen atoms in total. The maximum absolute atomic E-state index is 12.0. The summed E-state index contributed by atoms with van der Waals surface area (Å²) in [6.45, 7) is 1.78. The van der Waals surface area contributed by atoms with Crippen LogP contribution in [0.5, 0.6) is 0 Å². The van der Waals surface area contributed by atoms with Crippen LogP contribution in [0.4, 0.5) is 5.13 Å². The number of aromatic nitrogens is 1. The van der Waals surface area contributed by atoms with Crippen LogP contribution in [0.15, 0.2) is 46.2 Å². The largest absolute Gasteiger partial charge is 0.350 e. The first-order valence-electron chi connectivity index (χ1n) is 6.69. The van der Waals surface area contributed by atoms with Gasteiger partial charge >= 0.3 is 0 Å². The van der Waals surface area contributed by atoms with Crippen molar-refractivity contribution >= 4 is 50.1 Å².